The van der Waals surface area contributed by atoms with Crippen LogP contribution in [0.25, 0.3) is 5.57 Å². The maximum Gasteiger partial charge on any atom is 0.124 e. The van der Waals surface area contributed by atoms with Gasteiger partial charge in [0.25, 0.3) is 0 Å². The summed E-state index contributed by atoms with van der Waals surface area (Å²) in [5.41, 5.74) is 3.09. The summed E-state index contributed by atoms with van der Waals surface area (Å²) in [6.07, 6.45) is 3.13. The number of rotatable bonds is 3. The van der Waals surface area contributed by atoms with E-state index in [0.717, 1.165) is 39.6 Å². The Morgan fingerprint density at radius 2 is 2.00 bits per heavy atom. The maximum atomic E-state index is 10.3. The molecule has 2 aromatic carbocycles. The molecule has 0 saturated carbocycles. The van der Waals surface area contributed by atoms with Crippen molar-refractivity contribution < 1.29 is 5.11 Å². The van der Waals surface area contributed by atoms with Gasteiger partial charge in [-0.15, -0.1) is 0 Å². The molecule has 22 heavy (non-hydrogen) atoms. The van der Waals surface area contributed by atoms with Crippen LogP contribution in [-0.2, 0) is 0 Å². The van der Waals surface area contributed by atoms with Crippen molar-refractivity contribution in [2.75, 3.05) is 20.6 Å². The molecule has 3 rings (SSSR count). The smallest absolute Gasteiger partial charge is 0.124 e. The minimum absolute atomic E-state index is 0.326. The largest absolute Gasteiger partial charge is 0.507 e. The highest BCUT2D eigenvalue weighted by Crippen LogP contribution is 2.49. The van der Waals surface area contributed by atoms with E-state index < -0.39 is 0 Å². The Kier molecular flexibility index (Phi) is 4.48. The molecular weight excluding hydrogens is 314 g/mol. The van der Waals surface area contributed by atoms with Crippen molar-refractivity contribution in [1.29, 1.82) is 0 Å². The number of fused-ring (bicyclic) bond motifs is 2. The predicted molar refractivity (Wildman–Crippen MR) is 93.9 cm³/mol. The summed E-state index contributed by atoms with van der Waals surface area (Å²) >= 11 is 7.87. The first kappa shape index (κ1) is 15.5. The molecule has 0 saturated heterocycles. The third kappa shape index (κ3) is 3.02. The molecule has 1 aliphatic heterocycles. The van der Waals surface area contributed by atoms with Gasteiger partial charge in [-0.05, 0) is 62.0 Å². The first-order valence-corrected chi connectivity index (χ1v) is 8.40. The lowest BCUT2D eigenvalue weighted by Crippen LogP contribution is -2.12. The number of hydrogen-bond donors (Lipinski definition) is 1. The van der Waals surface area contributed by atoms with E-state index in [1.54, 1.807) is 17.8 Å². The number of benzene rings is 2. The van der Waals surface area contributed by atoms with Crippen LogP contribution in [0, 0.1) is 0 Å². The number of aromatic hydroxyl groups is 1. The second-order valence-corrected chi connectivity index (χ2v) is 7.12. The Labute approximate surface area is 140 Å². The Morgan fingerprint density at radius 3 is 2.77 bits per heavy atom. The molecule has 1 N–H and O–H groups in total. The van der Waals surface area contributed by atoms with Crippen LogP contribution >= 0.6 is 23.4 Å². The standard InChI is InChI=1S/C18H18ClNOS/c1-20(2)10-4-5-13-14-11-12(19)8-9-16(14)22-17-7-3-6-15(21)18(13)17/h3,5-9,11,21H,4,10H2,1-2H3/b13-5+. The average molecular weight is 332 g/mol. The van der Waals surface area contributed by atoms with Gasteiger partial charge in [0, 0.05) is 26.9 Å². The zero-order valence-corrected chi connectivity index (χ0v) is 14.2. The molecule has 0 unspecified atom stereocenters. The minimum atomic E-state index is 0.326. The van der Waals surface area contributed by atoms with Gasteiger partial charge in [-0.25, -0.2) is 0 Å². The number of hydrogen-bond acceptors (Lipinski definition) is 3. The van der Waals surface area contributed by atoms with E-state index in [0.29, 0.717) is 5.75 Å². The number of phenolic OH excluding ortho intramolecular Hbond substituents is 1. The van der Waals surface area contributed by atoms with Gasteiger partial charge in [-0.3, -0.25) is 0 Å². The van der Waals surface area contributed by atoms with Crippen LogP contribution in [0.15, 0.2) is 52.3 Å². The van der Waals surface area contributed by atoms with Crippen molar-refractivity contribution in [3.63, 3.8) is 0 Å². The van der Waals surface area contributed by atoms with E-state index in [1.165, 1.54) is 4.90 Å². The Hall–Kier alpha value is -1.42. The van der Waals surface area contributed by atoms with E-state index in [4.69, 9.17) is 11.6 Å². The minimum Gasteiger partial charge on any atom is -0.507 e. The lowest BCUT2D eigenvalue weighted by Gasteiger charge is -2.23. The lowest BCUT2D eigenvalue weighted by atomic mass is 9.95. The summed E-state index contributed by atoms with van der Waals surface area (Å²) < 4.78 is 0. The van der Waals surface area contributed by atoms with Gasteiger partial charge < -0.3 is 10.0 Å². The highest BCUT2D eigenvalue weighted by atomic mass is 35.5. The Balaban J connectivity index is 2.12. The van der Waals surface area contributed by atoms with Crippen molar-refractivity contribution in [3.8, 4) is 5.75 Å². The first-order valence-electron chi connectivity index (χ1n) is 7.21. The van der Waals surface area contributed by atoms with E-state index >= 15 is 0 Å². The number of nitrogens with zero attached hydrogens (tertiary/aromatic N) is 1. The van der Waals surface area contributed by atoms with Crippen LogP contribution in [0.2, 0.25) is 5.02 Å². The zero-order valence-electron chi connectivity index (χ0n) is 12.6. The SMILES string of the molecule is CN(C)CC/C=C1\c2cc(Cl)ccc2Sc2cccc(O)c21. The molecule has 0 spiro atoms. The van der Waals surface area contributed by atoms with Crippen molar-refractivity contribution in [2.45, 2.75) is 16.2 Å². The highest BCUT2D eigenvalue weighted by Gasteiger charge is 2.23. The van der Waals surface area contributed by atoms with E-state index in [-0.39, 0.29) is 0 Å². The molecule has 0 aromatic heterocycles. The summed E-state index contributed by atoms with van der Waals surface area (Å²) in [5, 5.41) is 11.1. The molecule has 0 fully saturated rings. The Morgan fingerprint density at radius 1 is 1.18 bits per heavy atom. The third-order valence-electron chi connectivity index (χ3n) is 3.65. The number of halogens is 1. The molecule has 1 aliphatic rings. The van der Waals surface area contributed by atoms with Gasteiger partial charge in [0.1, 0.15) is 5.75 Å². The van der Waals surface area contributed by atoms with Crippen molar-refractivity contribution in [3.05, 3.63) is 58.6 Å². The normalized spacial score (nSPS) is 15.0. The molecule has 0 amide bonds. The van der Waals surface area contributed by atoms with Gasteiger partial charge in [-0.1, -0.05) is 35.5 Å². The van der Waals surface area contributed by atoms with E-state index in [9.17, 15) is 5.11 Å². The molecule has 0 bridgehead atoms. The van der Waals surface area contributed by atoms with Crippen LogP contribution in [0.1, 0.15) is 17.5 Å². The second-order valence-electron chi connectivity index (χ2n) is 5.60. The summed E-state index contributed by atoms with van der Waals surface area (Å²) in [6, 6.07) is 11.6. The monoisotopic (exact) mass is 331 g/mol. The van der Waals surface area contributed by atoms with Crippen LogP contribution in [0.4, 0.5) is 0 Å². The van der Waals surface area contributed by atoms with Crippen LogP contribution in [0.3, 0.4) is 0 Å². The topological polar surface area (TPSA) is 23.5 Å². The molecule has 1 heterocycles. The van der Waals surface area contributed by atoms with Crippen molar-refractivity contribution in [1.82, 2.24) is 4.90 Å². The van der Waals surface area contributed by atoms with Crippen LogP contribution in [0.5, 0.6) is 5.75 Å². The van der Waals surface area contributed by atoms with Gasteiger partial charge in [-0.2, -0.15) is 0 Å². The van der Waals surface area contributed by atoms with Crippen LogP contribution < -0.4 is 0 Å². The molecule has 4 heteroatoms. The zero-order chi connectivity index (χ0) is 15.7. The van der Waals surface area contributed by atoms with Gasteiger partial charge in [0.2, 0.25) is 0 Å². The molecule has 0 aliphatic carbocycles. The fourth-order valence-corrected chi connectivity index (χ4v) is 3.90. The Bertz CT molecular complexity index is 740. The highest BCUT2D eigenvalue weighted by molar-refractivity contribution is 7.99. The van der Waals surface area contributed by atoms with E-state index in [2.05, 4.69) is 37.2 Å². The molecule has 0 atom stereocenters. The molecular formula is C18H18ClNOS. The van der Waals surface area contributed by atoms with Crippen molar-refractivity contribution in [2.24, 2.45) is 0 Å². The summed E-state index contributed by atoms with van der Waals surface area (Å²) in [6.45, 7) is 0.968. The summed E-state index contributed by atoms with van der Waals surface area (Å²) in [7, 11) is 4.12. The second kappa shape index (κ2) is 6.37. The molecule has 2 nitrogen and oxygen atoms in total. The van der Waals surface area contributed by atoms with Gasteiger partial charge in [0.15, 0.2) is 0 Å². The fraction of sp³-hybridized carbons (Fsp3) is 0.222. The van der Waals surface area contributed by atoms with E-state index in [1.807, 2.05) is 18.2 Å². The first-order chi connectivity index (χ1) is 10.6. The summed E-state index contributed by atoms with van der Waals surface area (Å²) in [4.78, 5) is 4.42. The third-order valence-corrected chi connectivity index (χ3v) is 5.02. The fourth-order valence-electron chi connectivity index (χ4n) is 2.61. The summed E-state index contributed by atoms with van der Waals surface area (Å²) in [5.74, 6) is 0.326. The van der Waals surface area contributed by atoms with Gasteiger partial charge >= 0.3 is 0 Å². The molecule has 114 valence electrons. The number of phenols is 1. The average Bonchev–Trinajstić information content (AvgIpc) is 2.47. The quantitative estimate of drug-likeness (QED) is 0.739. The van der Waals surface area contributed by atoms with Gasteiger partial charge in [0.05, 0.1) is 0 Å². The van der Waals surface area contributed by atoms with Crippen molar-refractivity contribution >= 4 is 28.9 Å². The van der Waals surface area contributed by atoms with Crippen LogP contribution in [-0.4, -0.2) is 30.6 Å². The molecule has 2 aromatic rings. The predicted octanol–water partition coefficient (Wildman–Crippen LogP) is 4.89. The lowest BCUT2D eigenvalue weighted by molar-refractivity contribution is 0.417. The molecule has 0 radical (unpaired) electrons. The maximum absolute atomic E-state index is 10.3.